The zero-order valence-corrected chi connectivity index (χ0v) is 19.6. The molecule has 178 valence electrons. The number of methoxy groups -OCH3 is 2. The van der Waals surface area contributed by atoms with Crippen molar-refractivity contribution in [1.82, 2.24) is 4.98 Å². The van der Waals surface area contributed by atoms with Gasteiger partial charge in [0.05, 0.1) is 19.7 Å². The number of amides is 1. The minimum absolute atomic E-state index is 0.217. The number of oxime groups is 1. The lowest BCUT2D eigenvalue weighted by Crippen LogP contribution is -2.20. The van der Waals surface area contributed by atoms with Crippen LogP contribution < -0.4 is 19.5 Å². The van der Waals surface area contributed by atoms with E-state index >= 15 is 0 Å². The van der Waals surface area contributed by atoms with Gasteiger partial charge in [0.1, 0.15) is 23.8 Å². The first kappa shape index (κ1) is 23.6. The highest BCUT2D eigenvalue weighted by Crippen LogP contribution is 2.36. The second kappa shape index (κ2) is 11.0. The lowest BCUT2D eigenvalue weighted by atomic mass is 10.2. The molecule has 0 aliphatic heterocycles. The molecule has 35 heavy (non-hydrogen) atoms. The van der Waals surface area contributed by atoms with Crippen molar-refractivity contribution in [3.8, 4) is 23.0 Å². The van der Waals surface area contributed by atoms with Crippen molar-refractivity contribution < 1.29 is 23.8 Å². The summed E-state index contributed by atoms with van der Waals surface area (Å²) in [4.78, 5) is 22.1. The maximum atomic E-state index is 12.4. The minimum atomic E-state index is -0.354. The summed E-state index contributed by atoms with van der Waals surface area (Å²) in [6, 6.07) is 22.0. The Morgan fingerprint density at radius 2 is 1.63 bits per heavy atom. The van der Waals surface area contributed by atoms with Crippen LogP contribution in [0.5, 0.6) is 23.0 Å². The van der Waals surface area contributed by atoms with Crippen LogP contribution in [-0.4, -0.2) is 30.8 Å². The standard InChI is InChI=1S/C27H25N3O5/c1-18(30-34-17-19-7-5-4-6-8-19)27(31)29-20-9-11-21(12-10-20)35-24-13-14-28-23-16-26(33-3)25(32-2)15-22(23)24/h4-16H,17H2,1-3H3,(H,29,31)/b30-18+. The largest absolute Gasteiger partial charge is 0.493 e. The third-order valence-electron chi connectivity index (χ3n) is 5.15. The van der Waals surface area contributed by atoms with Crippen molar-refractivity contribution in [2.24, 2.45) is 5.16 Å². The second-order valence-corrected chi connectivity index (χ2v) is 7.55. The van der Waals surface area contributed by atoms with Gasteiger partial charge in [-0.3, -0.25) is 9.78 Å². The topological polar surface area (TPSA) is 91.3 Å². The number of nitrogens with one attached hydrogen (secondary N) is 1. The van der Waals surface area contributed by atoms with Gasteiger partial charge in [-0.2, -0.15) is 0 Å². The highest BCUT2D eigenvalue weighted by atomic mass is 16.6. The van der Waals surface area contributed by atoms with E-state index in [4.69, 9.17) is 19.0 Å². The summed E-state index contributed by atoms with van der Waals surface area (Å²) in [5.74, 6) is 2.04. The van der Waals surface area contributed by atoms with Gasteiger partial charge in [0.2, 0.25) is 0 Å². The number of rotatable bonds is 9. The summed E-state index contributed by atoms with van der Waals surface area (Å²) in [6.45, 7) is 1.88. The molecular formula is C27H25N3O5. The van der Waals surface area contributed by atoms with Crippen LogP contribution in [-0.2, 0) is 16.2 Å². The number of benzene rings is 3. The molecule has 0 saturated heterocycles. The van der Waals surface area contributed by atoms with Gasteiger partial charge < -0.3 is 24.4 Å². The van der Waals surface area contributed by atoms with E-state index in [0.717, 1.165) is 10.9 Å². The van der Waals surface area contributed by atoms with E-state index in [9.17, 15) is 4.79 Å². The van der Waals surface area contributed by atoms with Crippen LogP contribution in [0.25, 0.3) is 10.9 Å². The van der Waals surface area contributed by atoms with Crippen molar-refractivity contribution in [1.29, 1.82) is 0 Å². The molecule has 1 heterocycles. The van der Waals surface area contributed by atoms with Gasteiger partial charge in [0.25, 0.3) is 5.91 Å². The molecule has 0 aliphatic carbocycles. The SMILES string of the molecule is COc1cc2nccc(Oc3ccc(NC(=O)/C(C)=N/OCc4ccccc4)cc3)c2cc1OC. The highest BCUT2D eigenvalue weighted by molar-refractivity contribution is 6.42. The van der Waals surface area contributed by atoms with E-state index in [0.29, 0.717) is 40.8 Å². The van der Waals surface area contributed by atoms with Crippen LogP contribution >= 0.6 is 0 Å². The molecule has 8 nitrogen and oxygen atoms in total. The number of hydrogen-bond acceptors (Lipinski definition) is 7. The number of nitrogens with zero attached hydrogens (tertiary/aromatic N) is 2. The van der Waals surface area contributed by atoms with E-state index < -0.39 is 0 Å². The Hall–Kier alpha value is -4.59. The number of hydrogen-bond donors (Lipinski definition) is 1. The lowest BCUT2D eigenvalue weighted by Gasteiger charge is -2.12. The molecule has 1 amide bonds. The predicted molar refractivity (Wildman–Crippen MR) is 134 cm³/mol. The molecule has 0 spiro atoms. The van der Waals surface area contributed by atoms with Crippen molar-refractivity contribution >= 4 is 28.2 Å². The van der Waals surface area contributed by atoms with Crippen LogP contribution in [0.1, 0.15) is 12.5 Å². The Balaban J connectivity index is 1.40. The lowest BCUT2D eigenvalue weighted by molar-refractivity contribution is -0.110. The van der Waals surface area contributed by atoms with Gasteiger partial charge in [0, 0.05) is 23.3 Å². The van der Waals surface area contributed by atoms with Crippen LogP contribution in [0.3, 0.4) is 0 Å². The molecule has 0 fully saturated rings. The smallest absolute Gasteiger partial charge is 0.273 e. The molecule has 3 aromatic carbocycles. The summed E-state index contributed by atoms with van der Waals surface area (Å²) >= 11 is 0. The number of pyridine rings is 1. The zero-order chi connectivity index (χ0) is 24.6. The van der Waals surface area contributed by atoms with Crippen molar-refractivity contribution in [2.75, 3.05) is 19.5 Å². The molecule has 0 bridgehead atoms. The van der Waals surface area contributed by atoms with Gasteiger partial charge in [0.15, 0.2) is 11.5 Å². The number of carbonyl (C=O) groups is 1. The Kier molecular flexibility index (Phi) is 7.42. The zero-order valence-electron chi connectivity index (χ0n) is 19.6. The number of ether oxygens (including phenoxy) is 3. The van der Waals surface area contributed by atoms with E-state index in [1.807, 2.05) is 36.4 Å². The van der Waals surface area contributed by atoms with E-state index in [1.165, 1.54) is 0 Å². The van der Waals surface area contributed by atoms with Gasteiger partial charge >= 0.3 is 0 Å². The third kappa shape index (κ3) is 5.86. The van der Waals surface area contributed by atoms with Gasteiger partial charge in [-0.25, -0.2) is 0 Å². The Morgan fingerprint density at radius 3 is 2.34 bits per heavy atom. The number of carbonyl (C=O) groups excluding carboxylic acids is 1. The van der Waals surface area contributed by atoms with E-state index in [-0.39, 0.29) is 11.6 Å². The van der Waals surface area contributed by atoms with Crippen molar-refractivity contribution in [2.45, 2.75) is 13.5 Å². The molecule has 0 unspecified atom stereocenters. The molecule has 1 N–H and O–H groups in total. The van der Waals surface area contributed by atoms with Crippen LogP contribution in [0.2, 0.25) is 0 Å². The normalized spacial score (nSPS) is 11.1. The number of aromatic nitrogens is 1. The first-order valence-corrected chi connectivity index (χ1v) is 10.9. The maximum Gasteiger partial charge on any atom is 0.273 e. The monoisotopic (exact) mass is 471 g/mol. The molecule has 8 heteroatoms. The average molecular weight is 472 g/mol. The maximum absolute atomic E-state index is 12.4. The molecular weight excluding hydrogens is 446 g/mol. The fourth-order valence-electron chi connectivity index (χ4n) is 3.31. The fraction of sp³-hybridized carbons (Fsp3) is 0.148. The summed E-state index contributed by atoms with van der Waals surface area (Å²) in [5.41, 5.74) is 2.51. The molecule has 0 aliphatic rings. The molecule has 0 atom stereocenters. The Morgan fingerprint density at radius 1 is 0.914 bits per heavy atom. The molecule has 1 aromatic heterocycles. The Labute approximate surface area is 203 Å². The molecule has 0 radical (unpaired) electrons. The summed E-state index contributed by atoms with van der Waals surface area (Å²) < 4.78 is 16.8. The third-order valence-corrected chi connectivity index (χ3v) is 5.15. The average Bonchev–Trinajstić information content (AvgIpc) is 2.89. The van der Waals surface area contributed by atoms with Crippen LogP contribution in [0.15, 0.2) is 84.1 Å². The molecule has 4 aromatic rings. The highest BCUT2D eigenvalue weighted by Gasteiger charge is 2.12. The minimum Gasteiger partial charge on any atom is -0.493 e. The summed E-state index contributed by atoms with van der Waals surface area (Å²) in [7, 11) is 3.16. The Bertz CT molecular complexity index is 1340. The molecule has 4 rings (SSSR count). The number of fused-ring (bicyclic) bond motifs is 1. The first-order valence-electron chi connectivity index (χ1n) is 10.9. The quantitative estimate of drug-likeness (QED) is 0.253. The predicted octanol–water partition coefficient (Wildman–Crippen LogP) is 5.58. The van der Waals surface area contributed by atoms with Crippen LogP contribution in [0.4, 0.5) is 5.69 Å². The summed E-state index contributed by atoms with van der Waals surface area (Å²) in [5, 5.41) is 7.47. The van der Waals surface area contributed by atoms with Gasteiger partial charge in [-0.05, 0) is 48.9 Å². The second-order valence-electron chi connectivity index (χ2n) is 7.55. The van der Waals surface area contributed by atoms with Gasteiger partial charge in [-0.15, -0.1) is 0 Å². The van der Waals surface area contributed by atoms with Crippen LogP contribution in [0, 0.1) is 0 Å². The van der Waals surface area contributed by atoms with Crippen molar-refractivity contribution in [3.05, 3.63) is 84.6 Å². The van der Waals surface area contributed by atoms with E-state index in [1.54, 1.807) is 63.7 Å². The van der Waals surface area contributed by atoms with Gasteiger partial charge in [-0.1, -0.05) is 35.5 Å². The van der Waals surface area contributed by atoms with Crippen molar-refractivity contribution in [3.63, 3.8) is 0 Å². The number of anilines is 1. The van der Waals surface area contributed by atoms with E-state index in [2.05, 4.69) is 15.5 Å². The fourth-order valence-corrected chi connectivity index (χ4v) is 3.31. The molecule has 0 saturated carbocycles. The first-order chi connectivity index (χ1) is 17.1. The summed E-state index contributed by atoms with van der Waals surface area (Å²) in [6.07, 6.45) is 1.67.